The lowest BCUT2D eigenvalue weighted by molar-refractivity contribution is 0.290. The van der Waals surface area contributed by atoms with Crippen LogP contribution in [0.25, 0.3) is 0 Å². The summed E-state index contributed by atoms with van der Waals surface area (Å²) in [5, 5.41) is 10.7. The maximum atomic E-state index is 11.6. The Morgan fingerprint density at radius 3 is 3.00 bits per heavy atom. The van der Waals surface area contributed by atoms with Crippen LogP contribution in [0.1, 0.15) is 23.3 Å². The molecule has 1 aliphatic heterocycles. The van der Waals surface area contributed by atoms with E-state index in [0.29, 0.717) is 18.7 Å². The van der Waals surface area contributed by atoms with Crippen LogP contribution >= 0.6 is 11.3 Å². The summed E-state index contributed by atoms with van der Waals surface area (Å²) in [5.74, 6) is 6.49. The van der Waals surface area contributed by atoms with Crippen molar-refractivity contribution in [1.29, 1.82) is 0 Å². The van der Waals surface area contributed by atoms with E-state index in [2.05, 4.69) is 22.8 Å². The third-order valence-corrected chi connectivity index (χ3v) is 5.79. The second kappa shape index (κ2) is 7.23. The quantitative estimate of drug-likeness (QED) is 0.849. The molecule has 0 atom stereocenters. The molecule has 20 heavy (non-hydrogen) atoms. The first-order chi connectivity index (χ1) is 9.59. The monoisotopic (exact) mass is 313 g/mol. The number of aliphatic hydroxyl groups excluding tert-OH is 1. The Balaban J connectivity index is 1.92. The minimum absolute atomic E-state index is 0.0895. The number of aliphatic hydroxyl groups is 1. The van der Waals surface area contributed by atoms with Crippen LogP contribution in [0.2, 0.25) is 0 Å². The highest BCUT2D eigenvalue weighted by Crippen LogP contribution is 2.17. The fourth-order valence-corrected chi connectivity index (χ4v) is 4.29. The zero-order valence-electron chi connectivity index (χ0n) is 11.3. The third-order valence-electron chi connectivity index (χ3n) is 3.15. The van der Waals surface area contributed by atoms with Gasteiger partial charge in [0.05, 0.1) is 18.1 Å². The summed E-state index contributed by atoms with van der Waals surface area (Å²) in [4.78, 5) is 3.40. The molecule has 4 nitrogen and oxygen atoms in total. The van der Waals surface area contributed by atoms with Crippen molar-refractivity contribution in [3.63, 3.8) is 0 Å². The van der Waals surface area contributed by atoms with Crippen LogP contribution < -0.4 is 0 Å². The van der Waals surface area contributed by atoms with Gasteiger partial charge in [0.2, 0.25) is 0 Å². The molecule has 2 heterocycles. The maximum Gasteiger partial charge on any atom is 0.151 e. The lowest BCUT2D eigenvalue weighted by atomic mass is 10.3. The predicted octanol–water partition coefficient (Wildman–Crippen LogP) is 1.10. The van der Waals surface area contributed by atoms with Gasteiger partial charge < -0.3 is 5.11 Å². The molecule has 1 fully saturated rings. The van der Waals surface area contributed by atoms with Gasteiger partial charge in [-0.25, -0.2) is 8.42 Å². The van der Waals surface area contributed by atoms with Gasteiger partial charge in [0, 0.05) is 35.3 Å². The van der Waals surface area contributed by atoms with Crippen LogP contribution in [0.5, 0.6) is 0 Å². The molecular formula is C14H19NO3S2. The van der Waals surface area contributed by atoms with Crippen LogP contribution in [0.4, 0.5) is 0 Å². The van der Waals surface area contributed by atoms with Crippen LogP contribution in [0.15, 0.2) is 11.4 Å². The van der Waals surface area contributed by atoms with E-state index in [0.717, 1.165) is 25.1 Å². The summed E-state index contributed by atoms with van der Waals surface area (Å²) >= 11 is 1.65. The first-order valence-electron chi connectivity index (χ1n) is 6.69. The maximum absolute atomic E-state index is 11.6. The number of thiophene rings is 1. The highest BCUT2D eigenvalue weighted by molar-refractivity contribution is 7.91. The Kier molecular flexibility index (Phi) is 5.61. The second-order valence-electron chi connectivity index (χ2n) is 4.86. The molecular weight excluding hydrogens is 294 g/mol. The van der Waals surface area contributed by atoms with Gasteiger partial charge in [-0.1, -0.05) is 11.8 Å². The summed E-state index contributed by atoms with van der Waals surface area (Å²) < 4.78 is 23.1. The van der Waals surface area contributed by atoms with E-state index in [1.165, 1.54) is 4.88 Å². The van der Waals surface area contributed by atoms with Crippen molar-refractivity contribution < 1.29 is 13.5 Å². The number of nitrogens with zero attached hydrogens (tertiary/aromatic N) is 1. The normalized spacial score (nSPS) is 19.1. The Labute approximate surface area is 124 Å². The van der Waals surface area contributed by atoms with Gasteiger partial charge >= 0.3 is 0 Å². The first-order valence-corrected chi connectivity index (χ1v) is 9.39. The van der Waals surface area contributed by atoms with Gasteiger partial charge in [-0.15, -0.1) is 11.3 Å². The molecule has 0 spiro atoms. The van der Waals surface area contributed by atoms with Crippen molar-refractivity contribution in [3.8, 4) is 11.8 Å². The van der Waals surface area contributed by atoms with Gasteiger partial charge in [-0.2, -0.15) is 0 Å². The van der Waals surface area contributed by atoms with Crippen LogP contribution in [0.3, 0.4) is 0 Å². The zero-order valence-corrected chi connectivity index (χ0v) is 13.0. The molecule has 1 aromatic heterocycles. The summed E-state index contributed by atoms with van der Waals surface area (Å²) in [6, 6.07) is 2.05. The Hall–Kier alpha value is -0.870. The average Bonchev–Trinajstić information content (AvgIpc) is 2.76. The molecule has 1 N–H and O–H groups in total. The highest BCUT2D eigenvalue weighted by atomic mass is 32.2. The molecule has 0 aromatic carbocycles. The molecule has 0 radical (unpaired) electrons. The number of hydrogen-bond acceptors (Lipinski definition) is 5. The van der Waals surface area contributed by atoms with Crippen LogP contribution in [-0.4, -0.2) is 49.6 Å². The van der Waals surface area contributed by atoms with Crippen molar-refractivity contribution >= 4 is 21.2 Å². The zero-order chi connectivity index (χ0) is 14.4. The lowest BCUT2D eigenvalue weighted by Gasteiger charge is -2.17. The first kappa shape index (κ1) is 15.5. The van der Waals surface area contributed by atoms with Crippen molar-refractivity contribution in [3.05, 3.63) is 21.9 Å². The lowest BCUT2D eigenvalue weighted by Crippen LogP contribution is -2.26. The topological polar surface area (TPSA) is 57.6 Å². The van der Waals surface area contributed by atoms with Crippen molar-refractivity contribution in [1.82, 2.24) is 4.90 Å². The van der Waals surface area contributed by atoms with Gasteiger partial charge in [-0.05, 0) is 19.0 Å². The van der Waals surface area contributed by atoms with E-state index in [1.54, 1.807) is 11.3 Å². The van der Waals surface area contributed by atoms with E-state index in [9.17, 15) is 8.42 Å². The summed E-state index contributed by atoms with van der Waals surface area (Å²) in [6.45, 7) is 2.34. The van der Waals surface area contributed by atoms with Gasteiger partial charge in [0.25, 0.3) is 0 Å². The molecule has 2 rings (SSSR count). The highest BCUT2D eigenvalue weighted by Gasteiger charge is 2.19. The molecule has 0 unspecified atom stereocenters. The van der Waals surface area contributed by atoms with E-state index >= 15 is 0 Å². The standard InChI is InChI=1S/C14H19NO3S2/c16-7-2-1-4-13-10-14(19-12-13)11-15-5-3-8-20(17,18)9-6-15/h10,12,16H,2-3,5-9,11H2. The Bertz CT molecular complexity index is 595. The van der Waals surface area contributed by atoms with E-state index < -0.39 is 9.84 Å². The summed E-state index contributed by atoms with van der Waals surface area (Å²) in [6.07, 6.45) is 1.21. The molecule has 0 bridgehead atoms. The SMILES string of the molecule is O=S1(=O)CCCN(Cc2cc(C#CCCO)cs2)CC1. The van der Waals surface area contributed by atoms with Crippen molar-refractivity contribution in [2.45, 2.75) is 19.4 Å². The molecule has 0 amide bonds. The number of hydrogen-bond donors (Lipinski definition) is 1. The van der Waals surface area contributed by atoms with E-state index in [-0.39, 0.29) is 12.4 Å². The number of sulfone groups is 1. The Morgan fingerprint density at radius 2 is 2.20 bits per heavy atom. The van der Waals surface area contributed by atoms with Gasteiger partial charge in [-0.3, -0.25) is 4.90 Å². The van der Waals surface area contributed by atoms with Gasteiger partial charge in [0.15, 0.2) is 9.84 Å². The molecule has 0 aliphatic carbocycles. The Morgan fingerprint density at radius 1 is 1.35 bits per heavy atom. The minimum Gasteiger partial charge on any atom is -0.395 e. The third kappa shape index (κ3) is 4.91. The molecule has 1 aromatic rings. The van der Waals surface area contributed by atoms with Crippen molar-refractivity contribution in [2.24, 2.45) is 0 Å². The molecule has 110 valence electrons. The van der Waals surface area contributed by atoms with Gasteiger partial charge in [0.1, 0.15) is 0 Å². The van der Waals surface area contributed by atoms with E-state index in [1.807, 2.05) is 5.38 Å². The smallest absolute Gasteiger partial charge is 0.151 e. The second-order valence-corrected chi connectivity index (χ2v) is 8.16. The fourth-order valence-electron chi connectivity index (χ4n) is 2.12. The molecule has 0 saturated carbocycles. The fraction of sp³-hybridized carbons (Fsp3) is 0.571. The average molecular weight is 313 g/mol. The van der Waals surface area contributed by atoms with Crippen LogP contribution in [0, 0.1) is 11.8 Å². The summed E-state index contributed by atoms with van der Waals surface area (Å²) in [5.41, 5.74) is 0.973. The van der Waals surface area contributed by atoms with E-state index in [4.69, 9.17) is 5.11 Å². The molecule has 1 saturated heterocycles. The van der Waals surface area contributed by atoms with Crippen LogP contribution in [-0.2, 0) is 16.4 Å². The summed E-state index contributed by atoms with van der Waals surface area (Å²) in [7, 11) is -2.84. The molecule has 1 aliphatic rings. The largest absolute Gasteiger partial charge is 0.395 e. The number of rotatable bonds is 3. The minimum atomic E-state index is -2.84. The van der Waals surface area contributed by atoms with Crippen molar-refractivity contribution in [2.75, 3.05) is 31.2 Å². The molecule has 6 heteroatoms. The predicted molar refractivity (Wildman–Crippen MR) is 81.4 cm³/mol.